The number of carbonyl (C=O) groups is 1. The largest absolute Gasteiger partial charge is 0.385 e. The van der Waals surface area contributed by atoms with Crippen molar-refractivity contribution in [2.75, 3.05) is 19.6 Å². The zero-order chi connectivity index (χ0) is 17.2. The van der Waals surface area contributed by atoms with Crippen LogP contribution in [0.3, 0.4) is 0 Å². The highest BCUT2D eigenvalue weighted by Crippen LogP contribution is 2.32. The molecule has 3 rings (SSSR count). The van der Waals surface area contributed by atoms with E-state index >= 15 is 0 Å². The standard InChI is InChI=1S/C19H29N3O2/c1-15-5-3-6-16(2)22(15)18(23)14-21-11-8-19(24,9-12-21)17-7-4-10-20-13-17/h4,7,10,13,15-16,24H,3,5-6,8-9,11-12,14H2,1-2H3/t15-,16-/m1/s1. The molecule has 0 aromatic carbocycles. The van der Waals surface area contributed by atoms with E-state index in [1.807, 2.05) is 12.1 Å². The molecule has 0 saturated carbocycles. The Bertz CT molecular complexity index is 545. The Morgan fingerprint density at radius 1 is 1.29 bits per heavy atom. The van der Waals surface area contributed by atoms with Crippen molar-refractivity contribution in [2.24, 2.45) is 0 Å². The van der Waals surface area contributed by atoms with Gasteiger partial charge in [-0.25, -0.2) is 0 Å². The summed E-state index contributed by atoms with van der Waals surface area (Å²) in [6.07, 6.45) is 8.20. The molecule has 2 aliphatic heterocycles. The van der Waals surface area contributed by atoms with E-state index in [-0.39, 0.29) is 5.91 Å². The van der Waals surface area contributed by atoms with Gasteiger partial charge in [-0.05, 0) is 52.0 Å². The Labute approximate surface area is 144 Å². The summed E-state index contributed by atoms with van der Waals surface area (Å²) in [6, 6.07) is 4.49. The number of carbonyl (C=O) groups excluding carboxylic acids is 1. The highest BCUT2D eigenvalue weighted by molar-refractivity contribution is 5.79. The molecule has 5 nitrogen and oxygen atoms in total. The van der Waals surface area contributed by atoms with Crippen LogP contribution in [0.25, 0.3) is 0 Å². The summed E-state index contributed by atoms with van der Waals surface area (Å²) in [6.45, 7) is 6.27. The van der Waals surface area contributed by atoms with Crippen molar-refractivity contribution >= 4 is 5.91 Å². The second-order valence-corrected chi connectivity index (χ2v) is 7.48. The number of amides is 1. The van der Waals surface area contributed by atoms with Crippen LogP contribution >= 0.6 is 0 Å². The van der Waals surface area contributed by atoms with Gasteiger partial charge in [-0.3, -0.25) is 14.7 Å². The van der Waals surface area contributed by atoms with E-state index in [9.17, 15) is 9.90 Å². The molecular weight excluding hydrogens is 302 g/mol. The van der Waals surface area contributed by atoms with E-state index in [0.717, 1.165) is 31.5 Å². The van der Waals surface area contributed by atoms with E-state index in [1.165, 1.54) is 6.42 Å². The molecule has 2 saturated heterocycles. The molecule has 2 aliphatic rings. The molecule has 3 heterocycles. The third kappa shape index (κ3) is 3.62. The number of aromatic nitrogens is 1. The van der Waals surface area contributed by atoms with Crippen LogP contribution in [-0.2, 0) is 10.4 Å². The molecular formula is C19H29N3O2. The van der Waals surface area contributed by atoms with Crippen LogP contribution in [-0.4, -0.2) is 57.5 Å². The Hall–Kier alpha value is -1.46. The lowest BCUT2D eigenvalue weighted by molar-refractivity contribution is -0.139. The van der Waals surface area contributed by atoms with Crippen LogP contribution in [0.2, 0.25) is 0 Å². The summed E-state index contributed by atoms with van der Waals surface area (Å²) in [4.78, 5) is 21.1. The number of hydrogen-bond acceptors (Lipinski definition) is 4. The maximum atomic E-state index is 12.7. The number of piperidine rings is 2. The SMILES string of the molecule is C[C@@H]1CCC[C@@H](C)N1C(=O)CN1CCC(O)(c2cccnc2)CC1. The van der Waals surface area contributed by atoms with Gasteiger partial charge in [0.05, 0.1) is 12.1 Å². The van der Waals surface area contributed by atoms with Gasteiger partial charge in [0.2, 0.25) is 5.91 Å². The average Bonchev–Trinajstić information content (AvgIpc) is 2.58. The fraction of sp³-hybridized carbons (Fsp3) is 0.684. The minimum Gasteiger partial charge on any atom is -0.385 e. The van der Waals surface area contributed by atoms with Gasteiger partial charge in [-0.1, -0.05) is 6.07 Å². The van der Waals surface area contributed by atoms with E-state index < -0.39 is 5.60 Å². The molecule has 1 aromatic rings. The molecule has 0 aliphatic carbocycles. The molecule has 1 amide bonds. The van der Waals surface area contributed by atoms with Gasteiger partial charge in [0.15, 0.2) is 0 Å². The van der Waals surface area contributed by atoms with E-state index in [1.54, 1.807) is 12.4 Å². The molecule has 1 N–H and O–H groups in total. The normalized spacial score (nSPS) is 27.9. The summed E-state index contributed by atoms with van der Waals surface area (Å²) in [7, 11) is 0. The van der Waals surface area contributed by atoms with Crippen molar-refractivity contribution in [3.8, 4) is 0 Å². The van der Waals surface area contributed by atoms with Gasteiger partial charge >= 0.3 is 0 Å². The number of pyridine rings is 1. The molecule has 0 spiro atoms. The van der Waals surface area contributed by atoms with Crippen LogP contribution in [0.5, 0.6) is 0 Å². The molecule has 132 valence electrons. The first-order valence-corrected chi connectivity index (χ1v) is 9.16. The minimum atomic E-state index is -0.806. The van der Waals surface area contributed by atoms with Crippen LogP contribution in [0.15, 0.2) is 24.5 Å². The maximum Gasteiger partial charge on any atom is 0.237 e. The number of hydrogen-bond donors (Lipinski definition) is 1. The van der Waals surface area contributed by atoms with Crippen LogP contribution in [0.4, 0.5) is 0 Å². The Balaban J connectivity index is 1.56. The topological polar surface area (TPSA) is 56.7 Å². The highest BCUT2D eigenvalue weighted by atomic mass is 16.3. The summed E-state index contributed by atoms with van der Waals surface area (Å²) in [5.41, 5.74) is 0.0775. The van der Waals surface area contributed by atoms with Gasteiger partial charge in [0.25, 0.3) is 0 Å². The fourth-order valence-corrected chi connectivity index (χ4v) is 4.19. The third-order valence-electron chi connectivity index (χ3n) is 5.72. The summed E-state index contributed by atoms with van der Waals surface area (Å²) in [5.74, 6) is 0.238. The molecule has 24 heavy (non-hydrogen) atoms. The Morgan fingerprint density at radius 2 is 1.96 bits per heavy atom. The lowest BCUT2D eigenvalue weighted by atomic mass is 9.85. The van der Waals surface area contributed by atoms with Crippen molar-refractivity contribution in [2.45, 2.75) is 63.6 Å². The van der Waals surface area contributed by atoms with Gasteiger partial charge in [-0.2, -0.15) is 0 Å². The smallest absolute Gasteiger partial charge is 0.237 e. The van der Waals surface area contributed by atoms with Crippen molar-refractivity contribution in [1.29, 1.82) is 0 Å². The number of aliphatic hydroxyl groups is 1. The first-order chi connectivity index (χ1) is 11.5. The predicted octanol–water partition coefficient (Wildman–Crippen LogP) is 2.15. The fourth-order valence-electron chi connectivity index (χ4n) is 4.19. The summed E-state index contributed by atoms with van der Waals surface area (Å²) < 4.78 is 0. The van der Waals surface area contributed by atoms with Gasteiger partial charge in [-0.15, -0.1) is 0 Å². The van der Waals surface area contributed by atoms with Crippen LogP contribution in [0, 0.1) is 0 Å². The Kier molecular flexibility index (Phi) is 5.21. The van der Waals surface area contributed by atoms with Crippen molar-refractivity contribution in [3.63, 3.8) is 0 Å². The quantitative estimate of drug-likeness (QED) is 0.922. The lowest BCUT2D eigenvalue weighted by Crippen LogP contribution is -2.52. The molecule has 5 heteroatoms. The molecule has 0 bridgehead atoms. The van der Waals surface area contributed by atoms with Crippen molar-refractivity contribution in [1.82, 2.24) is 14.8 Å². The van der Waals surface area contributed by atoms with Crippen LogP contribution in [0.1, 0.15) is 51.5 Å². The molecule has 0 unspecified atom stereocenters. The molecule has 2 atom stereocenters. The minimum absolute atomic E-state index is 0.238. The van der Waals surface area contributed by atoms with Crippen LogP contribution < -0.4 is 0 Å². The summed E-state index contributed by atoms with van der Waals surface area (Å²) in [5, 5.41) is 10.9. The van der Waals surface area contributed by atoms with Gasteiger partial charge in [0, 0.05) is 43.1 Å². The zero-order valence-electron chi connectivity index (χ0n) is 14.8. The first-order valence-electron chi connectivity index (χ1n) is 9.16. The molecule has 2 fully saturated rings. The number of rotatable bonds is 3. The molecule has 1 aromatic heterocycles. The lowest BCUT2D eigenvalue weighted by Gasteiger charge is -2.42. The summed E-state index contributed by atoms with van der Waals surface area (Å²) >= 11 is 0. The van der Waals surface area contributed by atoms with E-state index in [0.29, 0.717) is 31.5 Å². The zero-order valence-corrected chi connectivity index (χ0v) is 14.8. The van der Waals surface area contributed by atoms with Gasteiger partial charge in [0.1, 0.15) is 0 Å². The van der Waals surface area contributed by atoms with Crippen molar-refractivity contribution < 1.29 is 9.90 Å². The van der Waals surface area contributed by atoms with E-state index in [2.05, 4.69) is 28.6 Å². The highest BCUT2D eigenvalue weighted by Gasteiger charge is 2.36. The second-order valence-electron chi connectivity index (χ2n) is 7.48. The average molecular weight is 331 g/mol. The first kappa shape index (κ1) is 17.4. The van der Waals surface area contributed by atoms with E-state index in [4.69, 9.17) is 0 Å². The Morgan fingerprint density at radius 3 is 2.54 bits per heavy atom. The monoisotopic (exact) mass is 331 g/mol. The second kappa shape index (κ2) is 7.19. The van der Waals surface area contributed by atoms with Crippen molar-refractivity contribution in [3.05, 3.63) is 30.1 Å². The number of likely N-dealkylation sites (tertiary alicyclic amines) is 2. The molecule has 0 radical (unpaired) electrons. The van der Waals surface area contributed by atoms with Gasteiger partial charge < -0.3 is 10.0 Å². The predicted molar refractivity (Wildman–Crippen MR) is 93.4 cm³/mol. The maximum absolute atomic E-state index is 12.7. The third-order valence-corrected chi connectivity index (χ3v) is 5.72. The number of nitrogens with zero attached hydrogens (tertiary/aromatic N) is 3.